The molecule has 2 saturated heterocycles. The van der Waals surface area contributed by atoms with E-state index in [4.69, 9.17) is 0 Å². The number of rotatable bonds is 7. The molecule has 0 aliphatic carbocycles. The average Bonchev–Trinajstić information content (AvgIpc) is 3.03. The van der Waals surface area contributed by atoms with Crippen LogP contribution in [0.3, 0.4) is 0 Å². The average molecular weight is 420 g/mol. The Hall–Kier alpha value is -2.09. The summed E-state index contributed by atoms with van der Waals surface area (Å²) in [4.78, 5) is 41.9. The molecule has 0 aromatic carbocycles. The summed E-state index contributed by atoms with van der Waals surface area (Å²) in [5.74, 6) is 0.607. The second-order valence-electron chi connectivity index (χ2n) is 8.61. The molecule has 168 valence electrons. The highest BCUT2D eigenvalue weighted by atomic mass is 16.2. The number of piperidine rings is 1. The molecule has 0 bridgehead atoms. The van der Waals surface area contributed by atoms with Crippen LogP contribution in [0.1, 0.15) is 51.9 Å². The van der Waals surface area contributed by atoms with Gasteiger partial charge in [0.1, 0.15) is 5.82 Å². The molecule has 3 rings (SSSR count). The molecule has 1 aromatic rings. The molecule has 1 amide bonds. The van der Waals surface area contributed by atoms with E-state index in [9.17, 15) is 14.4 Å². The number of aromatic nitrogens is 2. The zero-order valence-corrected chi connectivity index (χ0v) is 18.6. The van der Waals surface area contributed by atoms with E-state index in [1.54, 1.807) is 4.57 Å². The Bertz CT molecular complexity index is 823. The molecule has 1 atom stereocenters. The van der Waals surface area contributed by atoms with Crippen molar-refractivity contribution >= 4 is 11.7 Å². The van der Waals surface area contributed by atoms with Gasteiger partial charge in [-0.15, -0.1) is 0 Å². The third-order valence-electron chi connectivity index (χ3n) is 6.46. The Morgan fingerprint density at radius 2 is 1.83 bits per heavy atom. The van der Waals surface area contributed by atoms with Crippen LogP contribution in [0.2, 0.25) is 0 Å². The third kappa shape index (κ3) is 5.53. The van der Waals surface area contributed by atoms with Gasteiger partial charge in [-0.05, 0) is 58.7 Å². The fourth-order valence-corrected chi connectivity index (χ4v) is 4.64. The van der Waals surface area contributed by atoms with Crippen molar-refractivity contribution in [1.82, 2.24) is 19.4 Å². The number of amides is 1. The lowest BCUT2D eigenvalue weighted by Crippen LogP contribution is -2.47. The molecular weight excluding hydrogens is 382 g/mol. The van der Waals surface area contributed by atoms with Crippen LogP contribution in [0.5, 0.6) is 0 Å². The molecule has 2 aliphatic rings. The second kappa shape index (κ2) is 10.8. The third-order valence-corrected chi connectivity index (χ3v) is 6.46. The molecule has 1 aromatic heterocycles. The summed E-state index contributed by atoms with van der Waals surface area (Å²) in [5, 5.41) is 3.11. The first-order valence-electron chi connectivity index (χ1n) is 11.6. The van der Waals surface area contributed by atoms with Crippen LogP contribution in [0, 0.1) is 5.92 Å². The van der Waals surface area contributed by atoms with Crippen LogP contribution >= 0.6 is 0 Å². The number of anilines is 1. The number of hydrogen-bond acceptors (Lipinski definition) is 5. The van der Waals surface area contributed by atoms with Crippen molar-refractivity contribution in [3.8, 4) is 0 Å². The largest absolute Gasteiger partial charge is 0.357 e. The highest BCUT2D eigenvalue weighted by Crippen LogP contribution is 2.22. The number of carbonyl (C=O) groups excluding carboxylic acids is 1. The lowest BCUT2D eigenvalue weighted by atomic mass is 9.97. The van der Waals surface area contributed by atoms with Gasteiger partial charge < -0.3 is 15.1 Å². The Kier molecular flexibility index (Phi) is 8.13. The van der Waals surface area contributed by atoms with E-state index in [-0.39, 0.29) is 23.1 Å². The van der Waals surface area contributed by atoms with Crippen molar-refractivity contribution in [2.24, 2.45) is 13.0 Å². The summed E-state index contributed by atoms with van der Waals surface area (Å²) >= 11 is 0. The molecule has 1 unspecified atom stereocenters. The number of nitrogens with zero attached hydrogens (tertiary/aromatic N) is 4. The Labute approximate surface area is 178 Å². The maximum absolute atomic E-state index is 12.7. The van der Waals surface area contributed by atoms with Gasteiger partial charge in [0, 0.05) is 39.3 Å². The van der Waals surface area contributed by atoms with Gasteiger partial charge in [-0.1, -0.05) is 12.8 Å². The molecule has 0 spiro atoms. The van der Waals surface area contributed by atoms with Gasteiger partial charge >= 0.3 is 5.69 Å². The minimum absolute atomic E-state index is 0.0878. The summed E-state index contributed by atoms with van der Waals surface area (Å²) in [7, 11) is 1.50. The zero-order chi connectivity index (χ0) is 21.5. The van der Waals surface area contributed by atoms with Gasteiger partial charge in [-0.3, -0.25) is 18.7 Å². The van der Waals surface area contributed by atoms with Crippen LogP contribution < -0.4 is 21.5 Å². The number of nitrogens with one attached hydrogen (secondary N) is 1. The maximum atomic E-state index is 12.7. The smallest absolute Gasteiger partial charge is 0.332 e. The van der Waals surface area contributed by atoms with Crippen LogP contribution in [0.15, 0.2) is 15.7 Å². The second-order valence-corrected chi connectivity index (χ2v) is 8.61. The minimum Gasteiger partial charge on any atom is -0.357 e. The normalized spacial score (nSPS) is 20.7. The minimum atomic E-state index is -0.306. The summed E-state index contributed by atoms with van der Waals surface area (Å²) in [6.45, 7) is 7.81. The molecule has 0 saturated carbocycles. The fraction of sp³-hybridized carbons (Fsp3) is 0.773. The summed E-state index contributed by atoms with van der Waals surface area (Å²) in [5.41, 5.74) is -0.611. The van der Waals surface area contributed by atoms with Crippen molar-refractivity contribution in [2.45, 2.75) is 58.4 Å². The molecule has 3 heterocycles. The molecule has 2 fully saturated rings. The van der Waals surface area contributed by atoms with Crippen molar-refractivity contribution in [3.63, 3.8) is 0 Å². The molecule has 1 N–H and O–H groups in total. The van der Waals surface area contributed by atoms with Gasteiger partial charge in [-0.25, -0.2) is 4.79 Å². The summed E-state index contributed by atoms with van der Waals surface area (Å²) < 4.78 is 2.74. The fourth-order valence-electron chi connectivity index (χ4n) is 4.64. The first-order chi connectivity index (χ1) is 14.5. The van der Waals surface area contributed by atoms with Crippen LogP contribution in [0.25, 0.3) is 0 Å². The van der Waals surface area contributed by atoms with E-state index in [0.717, 1.165) is 36.9 Å². The first kappa shape index (κ1) is 22.6. The molecular formula is C22H37N5O3. The Morgan fingerprint density at radius 3 is 2.53 bits per heavy atom. The predicted molar refractivity (Wildman–Crippen MR) is 119 cm³/mol. The highest BCUT2D eigenvalue weighted by molar-refractivity contribution is 5.79. The molecule has 0 radical (unpaired) electrons. The zero-order valence-electron chi connectivity index (χ0n) is 18.6. The SMILES string of the molecule is CCn1c(N2CCCC(C(=O)NCCCN3CCCCCC3)C2)cc(=O)n(C)c1=O. The summed E-state index contributed by atoms with van der Waals surface area (Å²) in [6, 6.07) is 1.52. The van der Waals surface area contributed by atoms with Crippen LogP contribution in [-0.2, 0) is 18.4 Å². The lowest BCUT2D eigenvalue weighted by molar-refractivity contribution is -0.125. The molecule has 2 aliphatic heterocycles. The monoisotopic (exact) mass is 419 g/mol. The molecule has 30 heavy (non-hydrogen) atoms. The first-order valence-corrected chi connectivity index (χ1v) is 11.6. The molecule has 8 nitrogen and oxygen atoms in total. The lowest BCUT2D eigenvalue weighted by Gasteiger charge is -2.34. The van der Waals surface area contributed by atoms with Gasteiger partial charge in [0.25, 0.3) is 5.56 Å². The van der Waals surface area contributed by atoms with Crippen molar-refractivity contribution in [2.75, 3.05) is 44.2 Å². The summed E-state index contributed by atoms with van der Waals surface area (Å²) in [6.07, 6.45) is 7.95. The maximum Gasteiger partial charge on any atom is 0.332 e. The van der Waals surface area contributed by atoms with E-state index in [0.29, 0.717) is 25.5 Å². The van der Waals surface area contributed by atoms with Crippen LogP contribution in [-0.4, -0.2) is 59.2 Å². The van der Waals surface area contributed by atoms with Gasteiger partial charge in [0.2, 0.25) is 5.91 Å². The Balaban J connectivity index is 1.54. The van der Waals surface area contributed by atoms with Gasteiger partial charge in [0.15, 0.2) is 0 Å². The van der Waals surface area contributed by atoms with Crippen molar-refractivity contribution in [1.29, 1.82) is 0 Å². The number of hydrogen-bond donors (Lipinski definition) is 1. The topological polar surface area (TPSA) is 79.6 Å². The highest BCUT2D eigenvalue weighted by Gasteiger charge is 2.27. The number of likely N-dealkylation sites (tertiary alicyclic amines) is 1. The van der Waals surface area contributed by atoms with Gasteiger partial charge in [0.05, 0.1) is 5.92 Å². The number of carbonyl (C=O) groups is 1. The molecule has 8 heteroatoms. The predicted octanol–water partition coefficient (Wildman–Crippen LogP) is 1.17. The van der Waals surface area contributed by atoms with E-state index >= 15 is 0 Å². The van der Waals surface area contributed by atoms with E-state index in [1.165, 1.54) is 51.9 Å². The van der Waals surface area contributed by atoms with Gasteiger partial charge in [-0.2, -0.15) is 0 Å². The van der Waals surface area contributed by atoms with E-state index in [2.05, 4.69) is 10.2 Å². The Morgan fingerprint density at radius 1 is 1.10 bits per heavy atom. The van der Waals surface area contributed by atoms with Crippen molar-refractivity contribution < 1.29 is 4.79 Å². The quantitative estimate of drug-likeness (QED) is 0.671. The standard InChI is InChI=1S/C22H37N5O3/c1-3-27-19(16-20(28)24(2)22(27)30)26-15-8-10-18(17-26)21(29)23-11-9-14-25-12-6-4-5-7-13-25/h16,18H,3-15,17H2,1-2H3,(H,23,29). The van der Waals surface area contributed by atoms with Crippen LogP contribution in [0.4, 0.5) is 5.82 Å². The van der Waals surface area contributed by atoms with Crippen molar-refractivity contribution in [3.05, 3.63) is 26.9 Å². The van der Waals surface area contributed by atoms with E-state index < -0.39 is 0 Å². The van der Waals surface area contributed by atoms with E-state index in [1.807, 2.05) is 11.8 Å².